The molecule has 1 aliphatic heterocycles. The Kier molecular flexibility index (Phi) is 9.66. The highest BCUT2D eigenvalue weighted by molar-refractivity contribution is 6.00. The first kappa shape index (κ1) is 30.7. The average Bonchev–Trinajstić information content (AvgIpc) is 3.20. The van der Waals surface area contributed by atoms with Crippen molar-refractivity contribution in [1.29, 1.82) is 0 Å². The van der Waals surface area contributed by atoms with Crippen molar-refractivity contribution in [2.24, 2.45) is 5.92 Å². The maximum atomic E-state index is 13.5. The van der Waals surface area contributed by atoms with Crippen LogP contribution in [-0.4, -0.2) is 83.0 Å². The minimum Gasteiger partial charge on any atom is -0.487 e. The minimum absolute atomic E-state index is 0.0636. The lowest BCUT2D eigenvalue weighted by molar-refractivity contribution is -0.142. The zero-order valence-corrected chi connectivity index (χ0v) is 23.0. The lowest BCUT2D eigenvalue weighted by Gasteiger charge is -2.38. The third kappa shape index (κ3) is 7.64. The smallest absolute Gasteiger partial charge is 0.389 e. The predicted octanol–water partition coefficient (Wildman–Crippen LogP) is 3.96. The summed E-state index contributed by atoms with van der Waals surface area (Å²) in [5.74, 6) is -0.976. The summed E-state index contributed by atoms with van der Waals surface area (Å²) in [6.45, 7) is 6.90. The van der Waals surface area contributed by atoms with Crippen LogP contribution in [0, 0.1) is 19.8 Å². The molecule has 3 rings (SSSR count). The summed E-state index contributed by atoms with van der Waals surface area (Å²) in [5.41, 5.74) is 1.18. The fourth-order valence-electron chi connectivity index (χ4n) is 4.21. The number of aliphatic hydroxyl groups is 1. The number of halogens is 3. The Labute approximate surface area is 229 Å². The molecule has 0 saturated carbocycles. The number of hydrogen-bond acceptors (Lipinski definition) is 7. The molecule has 0 unspecified atom stereocenters. The van der Waals surface area contributed by atoms with E-state index in [9.17, 15) is 32.7 Å². The number of nitrogens with one attached hydrogen (secondary N) is 2. The topological polar surface area (TPSA) is 137 Å². The largest absolute Gasteiger partial charge is 0.487 e. The van der Waals surface area contributed by atoms with Crippen molar-refractivity contribution in [3.05, 3.63) is 35.2 Å². The van der Waals surface area contributed by atoms with Gasteiger partial charge in [0.25, 0.3) is 5.91 Å². The third-order valence-electron chi connectivity index (χ3n) is 6.65. The van der Waals surface area contributed by atoms with E-state index in [2.05, 4.69) is 15.8 Å². The van der Waals surface area contributed by atoms with Gasteiger partial charge in [-0.25, -0.2) is 4.79 Å². The first-order valence-corrected chi connectivity index (χ1v) is 12.7. The van der Waals surface area contributed by atoms with Gasteiger partial charge in [-0.3, -0.25) is 9.59 Å². The Balaban J connectivity index is 1.85. The number of carbonyl (C=O) groups excluding carboxylic acids is 3. The highest BCUT2D eigenvalue weighted by Gasteiger charge is 2.34. The number of fused-ring (bicyclic) bond motifs is 1. The molecule has 40 heavy (non-hydrogen) atoms. The Morgan fingerprint density at radius 1 is 1.27 bits per heavy atom. The van der Waals surface area contributed by atoms with Gasteiger partial charge in [0, 0.05) is 31.6 Å². The molecule has 3 N–H and O–H groups in total. The molecule has 0 bridgehead atoms. The van der Waals surface area contributed by atoms with Crippen LogP contribution in [0.25, 0.3) is 0 Å². The summed E-state index contributed by atoms with van der Waals surface area (Å²) in [4.78, 5) is 41.4. The van der Waals surface area contributed by atoms with Gasteiger partial charge >= 0.3 is 12.2 Å². The van der Waals surface area contributed by atoms with Crippen LogP contribution in [0.3, 0.4) is 0 Å². The maximum Gasteiger partial charge on any atom is 0.389 e. The molecule has 2 aromatic rings. The van der Waals surface area contributed by atoms with Gasteiger partial charge < -0.3 is 34.8 Å². The normalized spacial score (nSPS) is 18.2. The Morgan fingerprint density at radius 3 is 2.58 bits per heavy atom. The van der Waals surface area contributed by atoms with Crippen LogP contribution in [0.4, 0.5) is 29.3 Å². The molecule has 3 atom stereocenters. The summed E-state index contributed by atoms with van der Waals surface area (Å²) < 4.78 is 48.8. The lowest BCUT2D eigenvalue weighted by atomic mass is 9.99. The van der Waals surface area contributed by atoms with Gasteiger partial charge in [0.05, 0.1) is 31.2 Å². The van der Waals surface area contributed by atoms with Crippen LogP contribution in [-0.2, 0) is 4.79 Å². The molecular formula is C26H34F3N5O6. The molecule has 0 aliphatic carbocycles. The van der Waals surface area contributed by atoms with E-state index < -0.39 is 49.0 Å². The second-order valence-corrected chi connectivity index (χ2v) is 10.0. The number of alkyl halides is 3. The van der Waals surface area contributed by atoms with Crippen LogP contribution >= 0.6 is 0 Å². The highest BCUT2D eigenvalue weighted by atomic mass is 19.4. The van der Waals surface area contributed by atoms with Crippen LogP contribution in [0.2, 0.25) is 0 Å². The first-order valence-electron chi connectivity index (χ1n) is 12.7. The zero-order valence-electron chi connectivity index (χ0n) is 23.0. The second-order valence-electron chi connectivity index (χ2n) is 10.0. The number of ether oxygens (including phenoxy) is 1. The number of rotatable bonds is 8. The molecule has 1 aromatic heterocycles. The SMILES string of the molecule is Cc1noc(C)c1NC(=O)N(C)C[C@H]1Oc2ccc(NC(=O)CCC(F)(F)F)cc2C(=O)N([C@@H](C)CO)C[C@@H]1C. The molecule has 2 heterocycles. The van der Waals surface area contributed by atoms with Crippen LogP contribution in [0.5, 0.6) is 5.75 Å². The quantitative estimate of drug-likeness (QED) is 0.438. The fraction of sp³-hybridized carbons (Fsp3) is 0.538. The Bertz CT molecular complexity index is 1210. The van der Waals surface area contributed by atoms with Crippen LogP contribution in [0.15, 0.2) is 22.7 Å². The number of amides is 4. The number of carbonyl (C=O) groups is 3. The van der Waals surface area contributed by atoms with Crippen molar-refractivity contribution in [2.75, 3.05) is 37.4 Å². The van der Waals surface area contributed by atoms with Gasteiger partial charge in [-0.1, -0.05) is 12.1 Å². The van der Waals surface area contributed by atoms with Crippen molar-refractivity contribution in [1.82, 2.24) is 15.0 Å². The number of aromatic nitrogens is 1. The van der Waals surface area contributed by atoms with Crippen molar-refractivity contribution in [3.8, 4) is 5.75 Å². The number of urea groups is 1. The second kappa shape index (κ2) is 12.6. The molecule has 4 amide bonds. The van der Waals surface area contributed by atoms with Gasteiger partial charge in [0.2, 0.25) is 5.91 Å². The number of likely N-dealkylation sites (N-methyl/N-ethyl adjacent to an activating group) is 1. The molecule has 14 heteroatoms. The number of aliphatic hydroxyl groups excluding tert-OH is 1. The van der Waals surface area contributed by atoms with E-state index in [1.165, 1.54) is 28.0 Å². The predicted molar refractivity (Wildman–Crippen MR) is 139 cm³/mol. The average molecular weight is 570 g/mol. The molecular weight excluding hydrogens is 535 g/mol. The highest BCUT2D eigenvalue weighted by Crippen LogP contribution is 2.31. The van der Waals surface area contributed by atoms with Crippen LogP contribution < -0.4 is 15.4 Å². The summed E-state index contributed by atoms with van der Waals surface area (Å²) in [5, 5.41) is 18.8. The third-order valence-corrected chi connectivity index (χ3v) is 6.65. The first-order chi connectivity index (χ1) is 18.7. The van der Waals surface area contributed by atoms with Crippen molar-refractivity contribution in [2.45, 2.75) is 58.9 Å². The fourth-order valence-corrected chi connectivity index (χ4v) is 4.21. The van der Waals surface area contributed by atoms with E-state index in [4.69, 9.17) is 9.26 Å². The summed E-state index contributed by atoms with van der Waals surface area (Å²) in [7, 11) is 1.59. The number of benzene rings is 1. The number of aryl methyl sites for hydroxylation is 2. The number of hydrogen-bond donors (Lipinski definition) is 3. The van der Waals surface area contributed by atoms with E-state index in [0.29, 0.717) is 17.1 Å². The van der Waals surface area contributed by atoms with Gasteiger partial charge in [0.1, 0.15) is 23.2 Å². The van der Waals surface area contributed by atoms with Gasteiger partial charge in [-0.15, -0.1) is 0 Å². The van der Waals surface area contributed by atoms with Crippen LogP contribution in [0.1, 0.15) is 48.5 Å². The molecule has 0 radical (unpaired) electrons. The summed E-state index contributed by atoms with van der Waals surface area (Å²) in [6.07, 6.45) is -7.10. The van der Waals surface area contributed by atoms with Crippen molar-refractivity contribution in [3.63, 3.8) is 0 Å². The minimum atomic E-state index is -4.48. The monoisotopic (exact) mass is 569 g/mol. The molecule has 220 valence electrons. The van der Waals surface area contributed by atoms with Crippen molar-refractivity contribution >= 4 is 29.2 Å². The maximum absolute atomic E-state index is 13.5. The van der Waals surface area contributed by atoms with E-state index >= 15 is 0 Å². The Morgan fingerprint density at radius 2 is 1.98 bits per heavy atom. The lowest BCUT2D eigenvalue weighted by Crippen LogP contribution is -2.50. The molecule has 0 saturated heterocycles. The zero-order chi connectivity index (χ0) is 29.8. The van der Waals surface area contributed by atoms with Gasteiger partial charge in [-0.2, -0.15) is 13.2 Å². The number of nitrogens with zero attached hydrogens (tertiary/aromatic N) is 3. The van der Waals surface area contributed by atoms with E-state index in [0.717, 1.165) is 0 Å². The standard InChI is InChI=1S/C26H34F3N5O6/c1-14-11-34(15(2)13-35)24(37)19-10-18(30-22(36)8-9-26(27,28)29)6-7-20(19)39-21(14)12-33(5)25(38)31-23-16(3)32-40-17(23)4/h6-7,10,14-15,21,35H,8-9,11-13H2,1-5H3,(H,30,36)(H,31,38)/t14-,15-,21+/m0/s1. The molecule has 11 nitrogen and oxygen atoms in total. The summed E-state index contributed by atoms with van der Waals surface area (Å²) >= 11 is 0. The van der Waals surface area contributed by atoms with Crippen molar-refractivity contribution < 1.29 is 41.9 Å². The molecule has 1 aromatic carbocycles. The summed E-state index contributed by atoms with van der Waals surface area (Å²) in [6, 6.07) is 3.22. The molecule has 0 fully saturated rings. The van der Waals surface area contributed by atoms with E-state index in [1.54, 1.807) is 27.8 Å². The van der Waals surface area contributed by atoms with E-state index in [-0.39, 0.29) is 42.6 Å². The molecule has 1 aliphatic rings. The number of anilines is 2. The van der Waals surface area contributed by atoms with Gasteiger partial charge in [0.15, 0.2) is 5.76 Å². The van der Waals surface area contributed by atoms with Gasteiger partial charge in [-0.05, 0) is 39.0 Å². The Hall–Kier alpha value is -3.81. The molecule has 0 spiro atoms. The van der Waals surface area contributed by atoms with E-state index in [1.807, 2.05) is 6.92 Å².